The molecule has 0 saturated carbocycles. The summed E-state index contributed by atoms with van der Waals surface area (Å²) in [6.45, 7) is 5.11. The molecule has 0 saturated heterocycles. The van der Waals surface area contributed by atoms with E-state index >= 15 is 0 Å². The number of esters is 1. The SMILES string of the molecule is CCOC(=O)CNS(=O)(=O)c1cc(-c2nnc(Nc3ccc(C)cc3)c3ccccc23)ccc1C. The molecule has 0 unspecified atom stereocenters. The van der Waals surface area contributed by atoms with E-state index in [4.69, 9.17) is 4.74 Å². The molecule has 1 aromatic heterocycles. The average molecular weight is 491 g/mol. The van der Waals surface area contributed by atoms with Crippen LogP contribution in [0.3, 0.4) is 0 Å². The third kappa shape index (κ3) is 5.47. The summed E-state index contributed by atoms with van der Waals surface area (Å²) in [5.74, 6) is -0.0392. The van der Waals surface area contributed by atoms with Gasteiger partial charge in [0.05, 0.1) is 11.5 Å². The molecule has 0 bridgehead atoms. The maximum atomic E-state index is 12.9. The number of sulfonamides is 1. The van der Waals surface area contributed by atoms with Crippen molar-refractivity contribution in [1.29, 1.82) is 0 Å². The summed E-state index contributed by atoms with van der Waals surface area (Å²) in [7, 11) is -3.95. The minimum atomic E-state index is -3.95. The second-order valence-electron chi connectivity index (χ2n) is 8.04. The fourth-order valence-electron chi connectivity index (χ4n) is 3.66. The zero-order chi connectivity index (χ0) is 25.0. The number of aryl methyl sites for hydroxylation is 2. The predicted molar refractivity (Wildman–Crippen MR) is 136 cm³/mol. The van der Waals surface area contributed by atoms with Crippen LogP contribution in [0.5, 0.6) is 0 Å². The van der Waals surface area contributed by atoms with Crippen LogP contribution < -0.4 is 10.0 Å². The van der Waals surface area contributed by atoms with E-state index in [0.717, 1.165) is 22.0 Å². The van der Waals surface area contributed by atoms with Gasteiger partial charge in [-0.05, 0) is 44.5 Å². The number of ether oxygens (including phenoxy) is 1. The van der Waals surface area contributed by atoms with Crippen LogP contribution in [0.1, 0.15) is 18.1 Å². The lowest BCUT2D eigenvalue weighted by molar-refractivity contribution is -0.141. The zero-order valence-electron chi connectivity index (χ0n) is 19.7. The molecular weight excluding hydrogens is 464 g/mol. The Morgan fingerprint density at radius 2 is 1.66 bits per heavy atom. The van der Waals surface area contributed by atoms with Crippen LogP contribution in [0.25, 0.3) is 22.0 Å². The highest BCUT2D eigenvalue weighted by molar-refractivity contribution is 7.89. The van der Waals surface area contributed by atoms with Gasteiger partial charge in [0.1, 0.15) is 12.2 Å². The first-order valence-corrected chi connectivity index (χ1v) is 12.6. The topological polar surface area (TPSA) is 110 Å². The molecule has 0 aliphatic rings. The van der Waals surface area contributed by atoms with E-state index < -0.39 is 22.5 Å². The normalized spacial score (nSPS) is 11.4. The highest BCUT2D eigenvalue weighted by Crippen LogP contribution is 2.32. The molecule has 3 aromatic carbocycles. The number of carbonyl (C=O) groups is 1. The number of fused-ring (bicyclic) bond motifs is 1. The first-order valence-electron chi connectivity index (χ1n) is 11.1. The van der Waals surface area contributed by atoms with Gasteiger partial charge < -0.3 is 10.1 Å². The summed E-state index contributed by atoms with van der Waals surface area (Å²) < 4.78 is 33.0. The summed E-state index contributed by atoms with van der Waals surface area (Å²) >= 11 is 0. The number of aromatic nitrogens is 2. The first kappa shape index (κ1) is 24.3. The van der Waals surface area contributed by atoms with Crippen LogP contribution in [0, 0.1) is 13.8 Å². The van der Waals surface area contributed by atoms with Crippen molar-refractivity contribution < 1.29 is 17.9 Å². The minimum absolute atomic E-state index is 0.0621. The Bertz CT molecular complexity index is 1490. The lowest BCUT2D eigenvalue weighted by Crippen LogP contribution is -2.31. The second-order valence-corrected chi connectivity index (χ2v) is 9.78. The van der Waals surface area contributed by atoms with E-state index in [2.05, 4.69) is 20.2 Å². The fourth-order valence-corrected chi connectivity index (χ4v) is 4.90. The van der Waals surface area contributed by atoms with Gasteiger partial charge in [0.2, 0.25) is 10.0 Å². The van der Waals surface area contributed by atoms with Gasteiger partial charge in [0.15, 0.2) is 5.82 Å². The monoisotopic (exact) mass is 490 g/mol. The van der Waals surface area contributed by atoms with Crippen molar-refractivity contribution in [3.05, 3.63) is 77.9 Å². The molecule has 0 fully saturated rings. The van der Waals surface area contributed by atoms with Gasteiger partial charge in [-0.15, -0.1) is 10.2 Å². The minimum Gasteiger partial charge on any atom is -0.465 e. The van der Waals surface area contributed by atoms with Gasteiger partial charge in [0.25, 0.3) is 0 Å². The van der Waals surface area contributed by atoms with E-state index in [9.17, 15) is 13.2 Å². The first-order chi connectivity index (χ1) is 16.8. The summed E-state index contributed by atoms with van der Waals surface area (Å²) in [5, 5.41) is 13.8. The van der Waals surface area contributed by atoms with Crippen LogP contribution >= 0.6 is 0 Å². The molecule has 0 spiro atoms. The standard InChI is InChI=1S/C26H26N4O4S/c1-4-34-24(31)16-27-35(32,33)23-15-19(12-11-18(23)3)25-21-7-5-6-8-22(21)26(30-29-25)28-20-13-9-17(2)10-14-20/h5-15,27H,4,16H2,1-3H3,(H,28,30). The summed E-state index contributed by atoms with van der Waals surface area (Å²) in [5.41, 5.74) is 3.73. The largest absolute Gasteiger partial charge is 0.465 e. The van der Waals surface area contributed by atoms with Crippen molar-refractivity contribution in [1.82, 2.24) is 14.9 Å². The van der Waals surface area contributed by atoms with Crippen LogP contribution in [-0.2, 0) is 19.6 Å². The molecule has 180 valence electrons. The van der Waals surface area contributed by atoms with Crippen LogP contribution in [-0.4, -0.2) is 37.7 Å². The van der Waals surface area contributed by atoms with E-state index in [-0.39, 0.29) is 11.5 Å². The van der Waals surface area contributed by atoms with Crippen molar-refractivity contribution >= 4 is 38.3 Å². The molecule has 0 aliphatic carbocycles. The average Bonchev–Trinajstić information content (AvgIpc) is 2.85. The summed E-state index contributed by atoms with van der Waals surface area (Å²) in [6.07, 6.45) is 0. The Morgan fingerprint density at radius 1 is 0.943 bits per heavy atom. The maximum absolute atomic E-state index is 12.9. The van der Waals surface area contributed by atoms with E-state index in [1.807, 2.05) is 61.5 Å². The number of hydrogen-bond acceptors (Lipinski definition) is 7. The Morgan fingerprint density at radius 3 is 2.37 bits per heavy atom. The van der Waals surface area contributed by atoms with Crippen molar-refractivity contribution in [2.24, 2.45) is 0 Å². The molecule has 1 heterocycles. The molecule has 0 atom stereocenters. The number of benzene rings is 3. The number of carbonyl (C=O) groups excluding carboxylic acids is 1. The molecule has 8 nitrogen and oxygen atoms in total. The van der Waals surface area contributed by atoms with Gasteiger partial charge in [0, 0.05) is 22.0 Å². The Hall–Kier alpha value is -3.82. The third-order valence-electron chi connectivity index (χ3n) is 5.46. The Balaban J connectivity index is 1.72. The van der Waals surface area contributed by atoms with Crippen molar-refractivity contribution in [2.75, 3.05) is 18.5 Å². The fraction of sp³-hybridized carbons (Fsp3) is 0.192. The lowest BCUT2D eigenvalue weighted by atomic mass is 10.0. The molecule has 0 amide bonds. The lowest BCUT2D eigenvalue weighted by Gasteiger charge is -2.13. The van der Waals surface area contributed by atoms with Gasteiger partial charge >= 0.3 is 5.97 Å². The molecule has 9 heteroatoms. The number of rotatable bonds is 8. The number of nitrogens with one attached hydrogen (secondary N) is 2. The Labute approximate surface area is 204 Å². The molecule has 4 aromatic rings. The highest BCUT2D eigenvalue weighted by atomic mass is 32.2. The quantitative estimate of drug-likeness (QED) is 0.350. The number of nitrogens with zero attached hydrogens (tertiary/aromatic N) is 2. The zero-order valence-corrected chi connectivity index (χ0v) is 20.5. The Kier molecular flexibility index (Phi) is 7.09. The van der Waals surface area contributed by atoms with Gasteiger partial charge in [-0.25, -0.2) is 8.42 Å². The van der Waals surface area contributed by atoms with Crippen LogP contribution in [0.15, 0.2) is 71.6 Å². The van der Waals surface area contributed by atoms with Gasteiger partial charge in [-0.1, -0.05) is 54.1 Å². The highest BCUT2D eigenvalue weighted by Gasteiger charge is 2.20. The third-order valence-corrected chi connectivity index (χ3v) is 7.01. The van der Waals surface area contributed by atoms with Gasteiger partial charge in [-0.3, -0.25) is 4.79 Å². The van der Waals surface area contributed by atoms with Crippen LogP contribution in [0.2, 0.25) is 0 Å². The van der Waals surface area contributed by atoms with Crippen LogP contribution in [0.4, 0.5) is 11.5 Å². The molecule has 0 radical (unpaired) electrons. The molecule has 35 heavy (non-hydrogen) atoms. The van der Waals surface area contributed by atoms with E-state index in [1.54, 1.807) is 26.0 Å². The predicted octanol–water partition coefficient (Wildman–Crippen LogP) is 4.50. The van der Waals surface area contributed by atoms with Crippen molar-refractivity contribution in [2.45, 2.75) is 25.7 Å². The number of anilines is 2. The smallest absolute Gasteiger partial charge is 0.321 e. The molecule has 2 N–H and O–H groups in total. The van der Waals surface area contributed by atoms with Gasteiger partial charge in [-0.2, -0.15) is 4.72 Å². The van der Waals surface area contributed by atoms with E-state index in [0.29, 0.717) is 22.6 Å². The second kappa shape index (κ2) is 10.2. The van der Waals surface area contributed by atoms with Crippen molar-refractivity contribution in [3.8, 4) is 11.3 Å². The van der Waals surface area contributed by atoms with Crippen molar-refractivity contribution in [3.63, 3.8) is 0 Å². The molecular formula is C26H26N4O4S. The summed E-state index contributed by atoms with van der Waals surface area (Å²) in [4.78, 5) is 11.7. The number of hydrogen-bond donors (Lipinski definition) is 2. The maximum Gasteiger partial charge on any atom is 0.321 e. The van der Waals surface area contributed by atoms with E-state index in [1.165, 1.54) is 0 Å². The molecule has 0 aliphatic heterocycles. The summed E-state index contributed by atoms with van der Waals surface area (Å²) in [6, 6.07) is 20.7. The molecule has 4 rings (SSSR count).